The van der Waals surface area contributed by atoms with Crippen molar-refractivity contribution >= 4 is 27.2 Å². The van der Waals surface area contributed by atoms with E-state index in [1.54, 1.807) is 24.3 Å². The fourth-order valence-electron chi connectivity index (χ4n) is 2.54. The summed E-state index contributed by atoms with van der Waals surface area (Å²) in [6.07, 6.45) is 3.93. The van der Waals surface area contributed by atoms with Gasteiger partial charge in [-0.25, -0.2) is 13.4 Å². The van der Waals surface area contributed by atoms with Crippen LogP contribution < -0.4 is 10.8 Å². The number of sulfone groups is 1. The largest absolute Gasteiger partial charge is 0.494 e. The van der Waals surface area contributed by atoms with Gasteiger partial charge in [0.25, 0.3) is 10.8 Å². The Hall–Kier alpha value is -3.73. The van der Waals surface area contributed by atoms with Crippen LogP contribution in [0.2, 0.25) is 0 Å². The molecule has 0 saturated heterocycles. The summed E-state index contributed by atoms with van der Waals surface area (Å²) in [6.45, 7) is 0. The number of hydrogen-bond donors (Lipinski definition) is 3. The van der Waals surface area contributed by atoms with Crippen molar-refractivity contribution in [3.8, 4) is 11.8 Å². The smallest absolute Gasteiger partial charge is 0.255 e. The van der Waals surface area contributed by atoms with E-state index in [9.17, 15) is 18.6 Å². The van der Waals surface area contributed by atoms with E-state index in [1.807, 2.05) is 6.07 Å². The van der Waals surface area contributed by atoms with Gasteiger partial charge in [0.05, 0.1) is 11.9 Å². The van der Waals surface area contributed by atoms with Gasteiger partial charge in [0.15, 0.2) is 17.4 Å². The standard InChI is InChI=1S/C17H14N6O4S/c1-28(26,27)17-21-14-11(7-10-8-13(24)20-15(10)25)9-18-23(14)16(22-17)19-12-5-3-2-4-6-12/h2-9,20,24-25H,1H3. The summed E-state index contributed by atoms with van der Waals surface area (Å²) in [5.74, 6) is -0.463. The van der Waals surface area contributed by atoms with E-state index in [-0.39, 0.29) is 28.6 Å². The van der Waals surface area contributed by atoms with E-state index < -0.39 is 15.0 Å². The highest BCUT2D eigenvalue weighted by atomic mass is 32.2. The molecule has 0 bridgehead atoms. The Labute approximate surface area is 158 Å². The molecule has 3 heterocycles. The zero-order valence-corrected chi connectivity index (χ0v) is 15.3. The summed E-state index contributed by atoms with van der Waals surface area (Å²) in [7, 11) is -3.71. The first-order valence-corrected chi connectivity index (χ1v) is 9.89. The SMILES string of the molecule is CS(=O)(=O)c1nc(=Nc2ccccc2)n2ncc(=Cc3cc(O)[nH]c3O)c2n1. The van der Waals surface area contributed by atoms with Crippen molar-refractivity contribution in [2.24, 2.45) is 4.99 Å². The molecule has 0 saturated carbocycles. The number of nitrogens with one attached hydrogen (secondary N) is 1. The molecule has 1 aromatic carbocycles. The van der Waals surface area contributed by atoms with Crippen LogP contribution >= 0.6 is 0 Å². The van der Waals surface area contributed by atoms with Gasteiger partial charge in [0.1, 0.15) is 0 Å². The molecule has 0 aliphatic heterocycles. The first-order chi connectivity index (χ1) is 13.3. The zero-order chi connectivity index (χ0) is 19.9. The minimum Gasteiger partial charge on any atom is -0.494 e. The maximum absolute atomic E-state index is 12.0. The summed E-state index contributed by atoms with van der Waals surface area (Å²) in [5.41, 5.74) is 1.08. The van der Waals surface area contributed by atoms with Gasteiger partial charge in [-0.05, 0) is 18.2 Å². The third-order valence-electron chi connectivity index (χ3n) is 3.80. The molecule has 10 nitrogen and oxygen atoms in total. The van der Waals surface area contributed by atoms with Crippen molar-refractivity contribution in [1.82, 2.24) is 24.6 Å². The summed E-state index contributed by atoms with van der Waals surface area (Å²) < 4.78 is 25.4. The number of hydrogen-bond acceptors (Lipinski definition) is 8. The van der Waals surface area contributed by atoms with E-state index >= 15 is 0 Å². The molecule has 0 radical (unpaired) electrons. The monoisotopic (exact) mass is 398 g/mol. The first kappa shape index (κ1) is 17.7. The number of aromatic nitrogens is 5. The van der Waals surface area contributed by atoms with Crippen molar-refractivity contribution < 1.29 is 18.6 Å². The number of para-hydroxylation sites is 1. The van der Waals surface area contributed by atoms with Crippen molar-refractivity contribution in [2.75, 3.05) is 6.26 Å². The van der Waals surface area contributed by atoms with Crippen LogP contribution in [-0.4, -0.2) is 49.5 Å². The van der Waals surface area contributed by atoms with Gasteiger partial charge < -0.3 is 10.2 Å². The number of fused-ring (bicyclic) bond motifs is 1. The number of nitrogens with zero attached hydrogens (tertiary/aromatic N) is 5. The molecule has 142 valence electrons. The van der Waals surface area contributed by atoms with Crippen LogP contribution in [0, 0.1) is 0 Å². The maximum atomic E-state index is 12.0. The Bertz CT molecular complexity index is 1410. The zero-order valence-electron chi connectivity index (χ0n) is 14.5. The molecule has 0 spiro atoms. The van der Waals surface area contributed by atoms with Crippen molar-refractivity contribution in [3.63, 3.8) is 0 Å². The van der Waals surface area contributed by atoms with Gasteiger partial charge >= 0.3 is 0 Å². The highest BCUT2D eigenvalue weighted by Gasteiger charge is 2.15. The highest BCUT2D eigenvalue weighted by Crippen LogP contribution is 2.21. The lowest BCUT2D eigenvalue weighted by atomic mass is 10.2. The molecule has 0 aliphatic carbocycles. The average Bonchev–Trinajstić information content (AvgIpc) is 3.18. The number of benzene rings is 1. The second-order valence-electron chi connectivity index (χ2n) is 5.96. The van der Waals surface area contributed by atoms with Gasteiger partial charge in [-0.1, -0.05) is 18.2 Å². The minimum absolute atomic E-state index is 0.0393. The second kappa shape index (κ2) is 6.46. The fraction of sp³-hybridized carbons (Fsp3) is 0.0588. The van der Waals surface area contributed by atoms with Crippen LogP contribution in [0.4, 0.5) is 5.69 Å². The van der Waals surface area contributed by atoms with E-state index in [1.165, 1.54) is 22.9 Å². The van der Waals surface area contributed by atoms with Crippen molar-refractivity contribution in [3.05, 3.63) is 59.0 Å². The Balaban J connectivity index is 2.05. The number of H-pyrrole nitrogens is 1. The van der Waals surface area contributed by atoms with Gasteiger partial charge in [-0.15, -0.1) is 0 Å². The van der Waals surface area contributed by atoms with Gasteiger partial charge in [-0.3, -0.25) is 4.98 Å². The highest BCUT2D eigenvalue weighted by molar-refractivity contribution is 7.90. The molecule has 11 heteroatoms. The molecule has 28 heavy (non-hydrogen) atoms. The summed E-state index contributed by atoms with van der Waals surface area (Å²) in [4.78, 5) is 14.8. The Morgan fingerprint density at radius 3 is 2.57 bits per heavy atom. The Morgan fingerprint density at radius 1 is 1.18 bits per heavy atom. The Morgan fingerprint density at radius 2 is 1.93 bits per heavy atom. The molecule has 0 atom stereocenters. The average molecular weight is 398 g/mol. The molecular formula is C17H14N6O4S. The molecule has 4 rings (SSSR count). The van der Waals surface area contributed by atoms with E-state index in [0.29, 0.717) is 10.9 Å². The van der Waals surface area contributed by atoms with E-state index in [4.69, 9.17) is 0 Å². The molecule has 0 unspecified atom stereocenters. The predicted octanol–water partition coefficient (Wildman–Crippen LogP) is 0.0472. The second-order valence-corrected chi connectivity index (χ2v) is 7.87. The van der Waals surface area contributed by atoms with E-state index in [2.05, 4.69) is 25.0 Å². The van der Waals surface area contributed by atoms with Crippen LogP contribution in [0.15, 0.2) is 52.7 Å². The normalized spacial score (nSPS) is 13.5. The van der Waals surface area contributed by atoms with Crippen molar-refractivity contribution in [1.29, 1.82) is 0 Å². The van der Waals surface area contributed by atoms with Crippen LogP contribution in [0.5, 0.6) is 11.8 Å². The van der Waals surface area contributed by atoms with Crippen LogP contribution in [-0.2, 0) is 9.84 Å². The molecular weight excluding hydrogens is 384 g/mol. The fourth-order valence-corrected chi connectivity index (χ4v) is 3.04. The van der Waals surface area contributed by atoms with Gasteiger partial charge in [-0.2, -0.15) is 19.6 Å². The van der Waals surface area contributed by atoms with Gasteiger partial charge in [0, 0.05) is 23.1 Å². The van der Waals surface area contributed by atoms with Crippen LogP contribution in [0.1, 0.15) is 5.56 Å². The summed E-state index contributed by atoms with van der Waals surface area (Å²) in [6, 6.07) is 10.2. The molecule has 0 aliphatic rings. The predicted molar refractivity (Wildman–Crippen MR) is 98.5 cm³/mol. The Kier molecular flexibility index (Phi) is 4.08. The first-order valence-electron chi connectivity index (χ1n) is 7.99. The quantitative estimate of drug-likeness (QED) is 0.442. The topological polar surface area (TPSA) is 146 Å². The van der Waals surface area contributed by atoms with E-state index in [0.717, 1.165) is 6.26 Å². The third-order valence-corrected chi connectivity index (χ3v) is 4.64. The molecule has 3 aromatic heterocycles. The maximum Gasteiger partial charge on any atom is 0.255 e. The lowest BCUT2D eigenvalue weighted by molar-refractivity contribution is 0.425. The van der Waals surface area contributed by atoms with Crippen molar-refractivity contribution in [2.45, 2.75) is 5.16 Å². The summed E-state index contributed by atoms with van der Waals surface area (Å²) in [5, 5.41) is 23.5. The molecule has 0 fully saturated rings. The van der Waals surface area contributed by atoms with Crippen LogP contribution in [0.3, 0.4) is 0 Å². The lowest BCUT2D eigenvalue weighted by Gasteiger charge is -1.99. The molecule has 4 aromatic rings. The number of aromatic amines is 1. The summed E-state index contributed by atoms with van der Waals surface area (Å²) >= 11 is 0. The molecule has 3 N–H and O–H groups in total. The third kappa shape index (κ3) is 3.30. The number of aromatic hydroxyl groups is 2. The minimum atomic E-state index is -3.71. The lowest BCUT2D eigenvalue weighted by Crippen LogP contribution is -2.25. The molecule has 0 amide bonds. The van der Waals surface area contributed by atoms with Gasteiger partial charge in [0.2, 0.25) is 9.84 Å². The van der Waals surface area contributed by atoms with Crippen LogP contribution in [0.25, 0.3) is 11.7 Å². The number of rotatable bonds is 3.